The average Bonchev–Trinajstić information content (AvgIpc) is 3.64. The van der Waals surface area contributed by atoms with Crippen molar-refractivity contribution in [2.45, 2.75) is 106 Å². The summed E-state index contributed by atoms with van der Waals surface area (Å²) in [7, 11) is 2.04. The number of fused-ring (bicyclic) bond motifs is 4. The van der Waals surface area contributed by atoms with Crippen LogP contribution in [0.1, 0.15) is 111 Å². The predicted octanol–water partition coefficient (Wildman–Crippen LogP) is 15.7. The van der Waals surface area contributed by atoms with Gasteiger partial charge in [0, 0.05) is 51.5 Å². The summed E-state index contributed by atoms with van der Waals surface area (Å²) >= 11 is 1.33. The van der Waals surface area contributed by atoms with E-state index in [9.17, 15) is 0 Å². The van der Waals surface area contributed by atoms with Crippen molar-refractivity contribution >= 4 is 70.2 Å². The van der Waals surface area contributed by atoms with Gasteiger partial charge in [-0.05, 0) is 142 Å². The van der Waals surface area contributed by atoms with E-state index >= 15 is 0 Å². The maximum absolute atomic E-state index is 6.30. The molecule has 0 aliphatic heterocycles. The van der Waals surface area contributed by atoms with Crippen LogP contribution in [0.15, 0.2) is 121 Å². The number of allylic oxidation sites excluding steroid dienone is 2. The van der Waals surface area contributed by atoms with Gasteiger partial charge in [-0.25, -0.2) is 0 Å². The van der Waals surface area contributed by atoms with Gasteiger partial charge in [0.25, 0.3) is 0 Å². The molecule has 60 heavy (non-hydrogen) atoms. The lowest BCUT2D eigenvalue weighted by Crippen LogP contribution is -2.10. The molecule has 314 valence electrons. The minimum absolute atomic E-state index is 0. The third-order valence-electron chi connectivity index (χ3n) is 11.8. The van der Waals surface area contributed by atoms with E-state index < -0.39 is 0 Å². The summed E-state index contributed by atoms with van der Waals surface area (Å²) in [6.45, 7) is 33.7. The molecule has 0 aliphatic rings. The van der Waals surface area contributed by atoms with Crippen LogP contribution in [0.5, 0.6) is 5.75 Å². The molecule has 5 aromatic carbocycles. The van der Waals surface area contributed by atoms with E-state index in [1.165, 1.54) is 78.5 Å². The maximum atomic E-state index is 6.30. The van der Waals surface area contributed by atoms with Crippen LogP contribution in [-0.2, 0) is 16.2 Å². The van der Waals surface area contributed by atoms with Crippen molar-refractivity contribution in [3.05, 3.63) is 149 Å². The Balaban J connectivity index is 0.00000604. The first-order valence-electron chi connectivity index (χ1n) is 20.9. The summed E-state index contributed by atoms with van der Waals surface area (Å²) in [5, 5.41) is 3.85. The fraction of sp³-hybridized carbons (Fsp3) is 0.333. The summed E-state index contributed by atoms with van der Waals surface area (Å²) in [5.41, 5.74) is 14.7. The topological polar surface area (TPSA) is 22.3 Å². The Hall–Kier alpha value is -4.78. The lowest BCUT2D eigenvalue weighted by molar-refractivity contribution is 0.521. The molecule has 0 saturated heterocycles. The molecule has 2 aromatic heterocycles. The van der Waals surface area contributed by atoms with Crippen molar-refractivity contribution in [3.63, 3.8) is 0 Å². The van der Waals surface area contributed by atoms with E-state index in [4.69, 9.17) is 4.18 Å². The number of hydrogen-bond donors (Lipinski definition) is 0. The van der Waals surface area contributed by atoms with Gasteiger partial charge < -0.3 is 13.3 Å². The summed E-state index contributed by atoms with van der Waals surface area (Å²) < 4.78 is 13.1. The Morgan fingerprint density at radius 1 is 0.583 bits per heavy atom. The number of hydrogen-bond acceptors (Lipinski definition) is 3. The first kappa shape index (κ1) is 44.8. The van der Waals surface area contributed by atoms with Gasteiger partial charge in [0.1, 0.15) is 5.75 Å². The molecule has 7 aromatic rings. The zero-order chi connectivity index (χ0) is 42.8. The molecule has 0 amide bonds. The van der Waals surface area contributed by atoms with E-state index in [0.717, 1.165) is 22.8 Å². The van der Waals surface area contributed by atoms with Gasteiger partial charge >= 0.3 is 0 Å². The average molecular weight is 836 g/mol. The van der Waals surface area contributed by atoms with Gasteiger partial charge in [-0.2, -0.15) is 13.5 Å². The fourth-order valence-corrected chi connectivity index (χ4v) is 8.52. The molecule has 0 N–H and O–H groups in total. The number of benzene rings is 5. The highest BCUT2D eigenvalue weighted by atomic mass is 32.2. The Bertz CT molecular complexity index is 2650. The van der Waals surface area contributed by atoms with Crippen molar-refractivity contribution < 1.29 is 4.18 Å². The van der Waals surface area contributed by atoms with Gasteiger partial charge in [0.05, 0.1) is 16.6 Å². The number of rotatable bonds is 8. The standard InChI is InChI=1S/C54H63N3OS.H2S/c1-16-36(51(3,4)5)31-44-35(2)56(48-28-17-37(32-45(44)48)52(6,7)8)41-24-26-43(27-25-41)58-59-55(15)40-20-22-42(23-21-40)57-49-29-18-38(53(9,10)11)33-46(49)47-34-39(54(12,13)14)19-30-50(47)57;/h16-34H,1H2,2-15H3;1H2/b36-31+;. The highest BCUT2D eigenvalue weighted by Crippen LogP contribution is 2.40. The molecule has 0 atom stereocenters. The molecule has 0 unspecified atom stereocenters. The molecule has 0 aliphatic carbocycles. The SMILES string of the molecule is C=C/C(=C\c1c(C)n(-c2ccc(OSN(C)c3ccc(-n4c5ccc(C(C)(C)C)cc5c5cc(C(C)(C)C)ccc54)cc3)cc2)c2ccc(C(C)(C)C)cc12)C(C)(C)C.S. The lowest BCUT2D eigenvalue weighted by Gasteiger charge is -2.21. The molecule has 2 heterocycles. The quantitative estimate of drug-likeness (QED) is 0.0865. The molecule has 0 bridgehead atoms. The summed E-state index contributed by atoms with van der Waals surface area (Å²) in [4.78, 5) is 0. The summed E-state index contributed by atoms with van der Waals surface area (Å²) in [6, 6.07) is 38.1. The van der Waals surface area contributed by atoms with Crippen molar-refractivity contribution in [2.75, 3.05) is 11.4 Å². The number of aromatic nitrogens is 2. The van der Waals surface area contributed by atoms with Crippen LogP contribution < -0.4 is 8.49 Å². The molecule has 4 nitrogen and oxygen atoms in total. The Morgan fingerprint density at radius 3 is 1.43 bits per heavy atom. The van der Waals surface area contributed by atoms with Crippen LogP contribution in [-0.4, -0.2) is 16.2 Å². The summed E-state index contributed by atoms with van der Waals surface area (Å²) in [5.74, 6) is 0.794. The maximum Gasteiger partial charge on any atom is 0.179 e. The highest BCUT2D eigenvalue weighted by molar-refractivity contribution is 7.96. The highest BCUT2D eigenvalue weighted by Gasteiger charge is 2.23. The van der Waals surface area contributed by atoms with Gasteiger partial charge in [0.15, 0.2) is 12.2 Å². The Labute approximate surface area is 371 Å². The molecular formula is C54H65N3OS2. The van der Waals surface area contributed by atoms with E-state index in [0.29, 0.717) is 0 Å². The van der Waals surface area contributed by atoms with Gasteiger partial charge in [-0.15, -0.1) is 0 Å². The van der Waals surface area contributed by atoms with E-state index in [1.54, 1.807) is 0 Å². The van der Waals surface area contributed by atoms with Gasteiger partial charge in [-0.1, -0.05) is 114 Å². The first-order chi connectivity index (χ1) is 27.6. The fourth-order valence-electron chi connectivity index (χ4n) is 8.00. The second-order valence-electron chi connectivity index (χ2n) is 20.3. The van der Waals surface area contributed by atoms with Crippen LogP contribution in [0, 0.1) is 12.3 Å². The first-order valence-corrected chi connectivity index (χ1v) is 21.6. The zero-order valence-corrected chi connectivity index (χ0v) is 40.2. The van der Waals surface area contributed by atoms with Crippen LogP contribution in [0.4, 0.5) is 5.69 Å². The van der Waals surface area contributed by atoms with Crippen LogP contribution >= 0.6 is 25.7 Å². The molecule has 0 radical (unpaired) electrons. The minimum atomic E-state index is -0.0179. The molecule has 0 spiro atoms. The summed E-state index contributed by atoms with van der Waals surface area (Å²) in [6.07, 6.45) is 4.33. The molecule has 7 rings (SSSR count). The zero-order valence-electron chi connectivity index (χ0n) is 38.3. The molecule has 6 heteroatoms. The van der Waals surface area contributed by atoms with E-state index in [2.05, 4.69) is 219 Å². The second-order valence-corrected chi connectivity index (χ2v) is 21.2. The Kier molecular flexibility index (Phi) is 12.1. The van der Waals surface area contributed by atoms with Crippen molar-refractivity contribution in [1.29, 1.82) is 0 Å². The largest absolute Gasteiger partial charge is 0.405 e. The molecule has 0 fully saturated rings. The van der Waals surface area contributed by atoms with Gasteiger partial charge in [0.2, 0.25) is 0 Å². The van der Waals surface area contributed by atoms with Crippen molar-refractivity contribution in [1.82, 2.24) is 9.13 Å². The third-order valence-corrected chi connectivity index (χ3v) is 12.5. The lowest BCUT2D eigenvalue weighted by atomic mass is 9.84. The number of nitrogens with zero attached hydrogens (tertiary/aromatic N) is 3. The smallest absolute Gasteiger partial charge is 0.179 e. The van der Waals surface area contributed by atoms with Gasteiger partial charge in [-0.3, -0.25) is 4.31 Å². The third kappa shape index (κ3) is 8.69. The molecule has 0 saturated carbocycles. The monoisotopic (exact) mass is 835 g/mol. The Morgan fingerprint density at radius 2 is 1.00 bits per heavy atom. The van der Waals surface area contributed by atoms with E-state index in [1.807, 2.05) is 13.1 Å². The molecular weight excluding hydrogens is 771 g/mol. The normalized spacial score (nSPS) is 12.9. The van der Waals surface area contributed by atoms with E-state index in [-0.39, 0.29) is 35.2 Å². The number of anilines is 1. The van der Waals surface area contributed by atoms with Crippen molar-refractivity contribution in [3.8, 4) is 17.1 Å². The predicted molar refractivity (Wildman–Crippen MR) is 270 cm³/mol. The minimum Gasteiger partial charge on any atom is -0.405 e. The van der Waals surface area contributed by atoms with Crippen LogP contribution in [0.3, 0.4) is 0 Å². The second kappa shape index (κ2) is 16.2. The van der Waals surface area contributed by atoms with Crippen LogP contribution in [0.2, 0.25) is 0 Å². The van der Waals surface area contributed by atoms with Crippen LogP contribution in [0.25, 0.3) is 50.2 Å². The van der Waals surface area contributed by atoms with Crippen molar-refractivity contribution in [2.24, 2.45) is 5.41 Å².